The van der Waals surface area contributed by atoms with E-state index >= 15 is 0 Å². The zero-order valence-corrected chi connectivity index (χ0v) is 18.7. The first-order chi connectivity index (χ1) is 16.0. The molecule has 0 saturated carbocycles. The summed E-state index contributed by atoms with van der Waals surface area (Å²) in [4.78, 5) is 15.3. The van der Waals surface area contributed by atoms with Gasteiger partial charge in [-0.3, -0.25) is 4.79 Å². The number of hydrogen-bond acceptors (Lipinski definition) is 4. The maximum Gasteiger partial charge on any atom is 0.250 e. The number of ether oxygens (including phenoxy) is 1. The molecule has 0 bridgehead atoms. The lowest BCUT2D eigenvalue weighted by atomic mass is 10.1. The second kappa shape index (κ2) is 8.88. The molecular weight excluding hydrogens is 444 g/mol. The fourth-order valence-electron chi connectivity index (χ4n) is 3.93. The van der Waals surface area contributed by atoms with Crippen molar-refractivity contribution in [1.82, 2.24) is 14.7 Å². The lowest BCUT2D eigenvalue weighted by Crippen LogP contribution is -2.30. The van der Waals surface area contributed by atoms with Gasteiger partial charge in [-0.2, -0.15) is 5.10 Å². The van der Waals surface area contributed by atoms with Gasteiger partial charge in [-0.25, -0.2) is 13.5 Å². The molecule has 0 aliphatic carbocycles. The van der Waals surface area contributed by atoms with Gasteiger partial charge in [0.25, 0.3) is 5.91 Å². The summed E-state index contributed by atoms with van der Waals surface area (Å²) >= 11 is 1.49. The van der Waals surface area contributed by atoms with Gasteiger partial charge in [0.1, 0.15) is 23.9 Å². The Labute approximate surface area is 193 Å². The summed E-state index contributed by atoms with van der Waals surface area (Å²) in [5.74, 6) is -1.48. The molecule has 8 heteroatoms. The molecule has 0 N–H and O–H groups in total. The number of rotatable bonds is 6. The minimum absolute atomic E-state index is 0.0256. The van der Waals surface area contributed by atoms with Crippen LogP contribution in [0.15, 0.2) is 66.2 Å². The van der Waals surface area contributed by atoms with Gasteiger partial charge in [0.15, 0.2) is 6.23 Å². The molecule has 0 spiro atoms. The fraction of sp³-hybridized carbons (Fsp3) is 0.200. The van der Waals surface area contributed by atoms with Gasteiger partial charge in [0.2, 0.25) is 0 Å². The first kappa shape index (κ1) is 21.5. The second-order valence-electron chi connectivity index (χ2n) is 7.97. The summed E-state index contributed by atoms with van der Waals surface area (Å²) in [6.45, 7) is 2.49. The molecule has 168 valence electrons. The van der Waals surface area contributed by atoms with Gasteiger partial charge in [0, 0.05) is 24.4 Å². The average Bonchev–Trinajstić information content (AvgIpc) is 3.52. The molecule has 1 saturated heterocycles. The van der Waals surface area contributed by atoms with E-state index in [-0.39, 0.29) is 18.2 Å². The Bertz CT molecular complexity index is 1270. The van der Waals surface area contributed by atoms with Crippen LogP contribution in [0, 0.1) is 18.6 Å². The van der Waals surface area contributed by atoms with Gasteiger partial charge in [0.05, 0.1) is 10.6 Å². The molecule has 5 nitrogen and oxygen atoms in total. The van der Waals surface area contributed by atoms with E-state index in [1.807, 2.05) is 36.6 Å². The summed E-state index contributed by atoms with van der Waals surface area (Å²) in [5, 5.41) is 6.54. The van der Waals surface area contributed by atoms with Gasteiger partial charge in [-0.15, -0.1) is 11.3 Å². The molecular formula is C25H21F2N3O2S. The maximum atomic E-state index is 13.8. The highest BCUT2D eigenvalue weighted by molar-refractivity contribution is 7.13. The fourth-order valence-corrected chi connectivity index (χ4v) is 4.67. The minimum atomic E-state index is -0.688. The summed E-state index contributed by atoms with van der Waals surface area (Å²) < 4.78 is 35.0. The predicted octanol–water partition coefficient (Wildman–Crippen LogP) is 5.29. The highest BCUT2D eigenvalue weighted by Crippen LogP contribution is 2.37. The van der Waals surface area contributed by atoms with E-state index in [4.69, 9.17) is 4.74 Å². The number of carbonyl (C=O) groups is 1. The van der Waals surface area contributed by atoms with Crippen LogP contribution >= 0.6 is 11.3 Å². The maximum absolute atomic E-state index is 13.8. The van der Waals surface area contributed by atoms with Crippen LogP contribution in [0.5, 0.6) is 0 Å². The van der Waals surface area contributed by atoms with Crippen molar-refractivity contribution in [3.63, 3.8) is 0 Å². The third-order valence-corrected chi connectivity index (χ3v) is 6.48. The van der Waals surface area contributed by atoms with Crippen LogP contribution in [0.4, 0.5) is 8.78 Å². The molecule has 3 heterocycles. The van der Waals surface area contributed by atoms with Crippen molar-refractivity contribution in [2.75, 3.05) is 13.2 Å². The lowest BCUT2D eigenvalue weighted by molar-refractivity contribution is -0.128. The number of nitrogens with zero attached hydrogens (tertiary/aromatic N) is 3. The number of hydrogen-bond donors (Lipinski definition) is 0. The number of benzene rings is 2. The van der Waals surface area contributed by atoms with Crippen molar-refractivity contribution in [1.29, 1.82) is 0 Å². The second-order valence-corrected chi connectivity index (χ2v) is 8.92. The lowest BCUT2D eigenvalue weighted by Gasteiger charge is -2.23. The molecule has 0 radical (unpaired) electrons. The van der Waals surface area contributed by atoms with Crippen molar-refractivity contribution in [2.45, 2.75) is 19.6 Å². The van der Waals surface area contributed by atoms with E-state index in [1.54, 1.807) is 11.1 Å². The summed E-state index contributed by atoms with van der Waals surface area (Å²) in [7, 11) is 0. The third-order valence-electron chi connectivity index (χ3n) is 5.61. The number of amides is 1. The van der Waals surface area contributed by atoms with Gasteiger partial charge in [-0.05, 0) is 42.5 Å². The topological polar surface area (TPSA) is 47.4 Å². The minimum Gasteiger partial charge on any atom is -0.344 e. The zero-order chi connectivity index (χ0) is 22.9. The number of aromatic nitrogens is 2. The Morgan fingerprint density at radius 3 is 2.58 bits per heavy atom. The van der Waals surface area contributed by atoms with Gasteiger partial charge < -0.3 is 9.64 Å². The molecule has 33 heavy (non-hydrogen) atoms. The van der Waals surface area contributed by atoms with E-state index in [9.17, 15) is 13.6 Å². The van der Waals surface area contributed by atoms with Crippen LogP contribution in [0.25, 0.3) is 16.3 Å². The van der Waals surface area contributed by atoms with Crippen LogP contribution in [-0.4, -0.2) is 33.7 Å². The van der Waals surface area contributed by atoms with Crippen LogP contribution in [-0.2, 0) is 16.0 Å². The Morgan fingerprint density at radius 1 is 1.12 bits per heavy atom. The van der Waals surface area contributed by atoms with Crippen molar-refractivity contribution in [3.8, 4) is 16.3 Å². The quantitative estimate of drug-likeness (QED) is 0.389. The SMILES string of the molecule is Cc1ccc(CCN2C(=O)COC2c2cn(-c3cc(F)cc(F)c3)nc2-c2cccs2)cc1. The normalized spacial score (nSPS) is 16.0. The first-order valence-electron chi connectivity index (χ1n) is 10.5. The van der Waals surface area contributed by atoms with Crippen LogP contribution < -0.4 is 0 Å². The number of aryl methyl sites for hydroxylation is 1. The smallest absolute Gasteiger partial charge is 0.250 e. The first-order valence-corrected chi connectivity index (χ1v) is 11.4. The van der Waals surface area contributed by atoms with Crippen LogP contribution in [0.2, 0.25) is 0 Å². The molecule has 5 rings (SSSR count). The molecule has 2 aromatic carbocycles. The van der Waals surface area contributed by atoms with E-state index in [1.165, 1.54) is 33.7 Å². The summed E-state index contributed by atoms with van der Waals surface area (Å²) in [6, 6.07) is 15.3. The van der Waals surface area contributed by atoms with E-state index in [0.29, 0.717) is 24.2 Å². The highest BCUT2D eigenvalue weighted by Gasteiger charge is 2.36. The van der Waals surface area contributed by atoms with Crippen LogP contribution in [0.1, 0.15) is 22.9 Å². The van der Waals surface area contributed by atoms with Crippen LogP contribution in [0.3, 0.4) is 0 Å². The van der Waals surface area contributed by atoms with Gasteiger partial charge in [-0.1, -0.05) is 35.9 Å². The molecule has 1 atom stereocenters. The summed E-state index contributed by atoms with van der Waals surface area (Å²) in [5.41, 5.74) is 3.86. The van der Waals surface area contributed by atoms with Crippen molar-refractivity contribution >= 4 is 17.2 Å². The zero-order valence-electron chi connectivity index (χ0n) is 17.9. The Balaban J connectivity index is 1.50. The Kier molecular flexibility index (Phi) is 5.78. The number of thiophene rings is 1. The molecule has 1 aliphatic rings. The average molecular weight is 466 g/mol. The van der Waals surface area contributed by atoms with E-state index < -0.39 is 17.9 Å². The monoisotopic (exact) mass is 465 g/mol. The number of halogens is 2. The largest absolute Gasteiger partial charge is 0.344 e. The Hall–Kier alpha value is -3.36. The molecule has 1 unspecified atom stereocenters. The molecule has 1 fully saturated rings. The highest BCUT2D eigenvalue weighted by atomic mass is 32.1. The molecule has 2 aromatic heterocycles. The third kappa shape index (κ3) is 4.44. The van der Waals surface area contributed by atoms with Gasteiger partial charge >= 0.3 is 0 Å². The molecule has 1 amide bonds. The molecule has 1 aliphatic heterocycles. The standard InChI is InChI=1S/C25H21F2N3O2S/c1-16-4-6-17(7-5-16)8-9-29-23(31)15-32-25(29)21-14-30(20-12-18(26)11-19(27)13-20)28-24(21)22-3-2-10-33-22/h2-7,10-14,25H,8-9,15H2,1H3. The van der Waals surface area contributed by atoms with E-state index in [0.717, 1.165) is 16.5 Å². The van der Waals surface area contributed by atoms with Crippen molar-refractivity contribution < 1.29 is 18.3 Å². The van der Waals surface area contributed by atoms with E-state index in [2.05, 4.69) is 17.2 Å². The predicted molar refractivity (Wildman–Crippen MR) is 122 cm³/mol. The molecule has 4 aromatic rings. The summed E-state index contributed by atoms with van der Waals surface area (Å²) in [6.07, 6.45) is 1.74. The van der Waals surface area contributed by atoms with Crippen molar-refractivity contribution in [3.05, 3.63) is 94.5 Å². The van der Waals surface area contributed by atoms with Crippen molar-refractivity contribution in [2.24, 2.45) is 0 Å². The Morgan fingerprint density at radius 2 is 1.88 bits per heavy atom. The number of carbonyl (C=O) groups excluding carboxylic acids is 1.